The third-order valence-corrected chi connectivity index (χ3v) is 3.05. The fourth-order valence-electron chi connectivity index (χ4n) is 2.20. The second kappa shape index (κ2) is 3.13. The Balaban J connectivity index is 3.05. The molecule has 0 fully saturated rings. The third-order valence-electron chi connectivity index (χ3n) is 3.05. The van der Waals surface area contributed by atoms with Crippen molar-refractivity contribution in [3.05, 3.63) is 34.5 Å². The molecule has 2 aromatic rings. The zero-order valence-electron chi connectivity index (χ0n) is 9.55. The molecule has 76 valence electrons. The van der Waals surface area contributed by atoms with Gasteiger partial charge >= 0.3 is 0 Å². The Morgan fingerprint density at radius 2 is 1.87 bits per heavy atom. The molecule has 0 aliphatic rings. The van der Waals surface area contributed by atoms with Gasteiger partial charge in [0.2, 0.25) is 0 Å². The Labute approximate surface area is 89.7 Å². The summed E-state index contributed by atoms with van der Waals surface area (Å²) >= 11 is 0. The number of hydrogen-bond acceptors (Lipinski definition) is 1. The highest BCUT2D eigenvalue weighted by molar-refractivity contribution is 5.91. The number of rotatable bonds is 0. The van der Waals surface area contributed by atoms with Gasteiger partial charge in [0.25, 0.3) is 0 Å². The van der Waals surface area contributed by atoms with Gasteiger partial charge in [0.15, 0.2) is 0 Å². The maximum atomic E-state index is 9.16. The van der Waals surface area contributed by atoms with Crippen LogP contribution in [0.3, 0.4) is 0 Å². The van der Waals surface area contributed by atoms with Crippen molar-refractivity contribution in [1.29, 1.82) is 5.26 Å². The molecule has 1 aromatic carbocycles. The molecule has 0 bridgehead atoms. The summed E-state index contributed by atoms with van der Waals surface area (Å²) in [6.45, 7) is 6.14. The van der Waals surface area contributed by atoms with Gasteiger partial charge in [-0.25, -0.2) is 0 Å². The van der Waals surface area contributed by atoms with Gasteiger partial charge < -0.3 is 4.57 Å². The molecule has 2 rings (SSSR count). The number of hydrogen-bond donors (Lipinski definition) is 0. The van der Waals surface area contributed by atoms with Crippen molar-refractivity contribution in [3.63, 3.8) is 0 Å². The molecule has 0 amide bonds. The van der Waals surface area contributed by atoms with E-state index in [1.165, 1.54) is 11.1 Å². The second-order valence-electron chi connectivity index (χ2n) is 4.11. The smallest absolute Gasteiger partial charge is 0.102 e. The van der Waals surface area contributed by atoms with Gasteiger partial charge in [0, 0.05) is 23.6 Å². The van der Waals surface area contributed by atoms with Crippen LogP contribution in [-0.2, 0) is 7.05 Å². The highest BCUT2D eigenvalue weighted by Crippen LogP contribution is 2.28. The van der Waals surface area contributed by atoms with E-state index in [2.05, 4.69) is 36.6 Å². The van der Waals surface area contributed by atoms with Gasteiger partial charge in [-0.2, -0.15) is 5.26 Å². The van der Waals surface area contributed by atoms with E-state index < -0.39 is 0 Å². The van der Waals surface area contributed by atoms with Crippen molar-refractivity contribution in [2.24, 2.45) is 7.05 Å². The zero-order valence-corrected chi connectivity index (χ0v) is 9.55. The molecule has 0 saturated heterocycles. The molecular formula is C13H14N2. The topological polar surface area (TPSA) is 28.7 Å². The molecule has 1 aromatic heterocycles. The lowest BCUT2D eigenvalue weighted by molar-refractivity contribution is 0.914. The fourth-order valence-corrected chi connectivity index (χ4v) is 2.20. The van der Waals surface area contributed by atoms with Crippen molar-refractivity contribution >= 4 is 10.9 Å². The second-order valence-corrected chi connectivity index (χ2v) is 4.11. The summed E-state index contributed by atoms with van der Waals surface area (Å²) in [5, 5.41) is 10.3. The largest absolute Gasteiger partial charge is 0.347 e. The van der Waals surface area contributed by atoms with Crippen LogP contribution >= 0.6 is 0 Å². The lowest BCUT2D eigenvalue weighted by Crippen LogP contribution is -1.90. The van der Waals surface area contributed by atoms with Crippen molar-refractivity contribution in [2.45, 2.75) is 20.8 Å². The number of nitrogens with zero attached hydrogens (tertiary/aromatic N) is 2. The van der Waals surface area contributed by atoms with Crippen LogP contribution in [0.1, 0.15) is 22.4 Å². The number of fused-ring (bicyclic) bond motifs is 1. The minimum Gasteiger partial charge on any atom is -0.347 e. The summed E-state index contributed by atoms with van der Waals surface area (Å²) in [6, 6.07) is 6.56. The van der Waals surface area contributed by atoms with Crippen LogP contribution < -0.4 is 0 Å². The zero-order chi connectivity index (χ0) is 11.2. The Kier molecular flexibility index (Phi) is 2.04. The number of aromatic nitrogens is 1. The Bertz CT molecular complexity index is 583. The fraction of sp³-hybridized carbons (Fsp3) is 0.308. The van der Waals surface area contributed by atoms with Gasteiger partial charge in [-0.15, -0.1) is 0 Å². The quantitative estimate of drug-likeness (QED) is 0.639. The predicted molar refractivity (Wildman–Crippen MR) is 61.8 cm³/mol. The monoisotopic (exact) mass is 198 g/mol. The van der Waals surface area contributed by atoms with Gasteiger partial charge in [-0.05, 0) is 38.0 Å². The first kappa shape index (κ1) is 9.79. The minimum absolute atomic E-state index is 0.810. The highest BCUT2D eigenvalue weighted by Gasteiger charge is 2.13. The predicted octanol–water partition coefficient (Wildman–Crippen LogP) is 2.98. The average Bonchev–Trinajstić information content (AvgIpc) is 2.42. The Morgan fingerprint density at radius 3 is 2.47 bits per heavy atom. The number of aryl methyl sites for hydroxylation is 3. The van der Waals surface area contributed by atoms with Gasteiger partial charge in [-0.3, -0.25) is 0 Å². The molecule has 15 heavy (non-hydrogen) atoms. The van der Waals surface area contributed by atoms with Crippen LogP contribution in [0.15, 0.2) is 12.1 Å². The van der Waals surface area contributed by atoms with E-state index in [4.69, 9.17) is 5.26 Å². The van der Waals surface area contributed by atoms with E-state index in [0.717, 1.165) is 22.2 Å². The maximum Gasteiger partial charge on any atom is 0.102 e. The molecule has 0 aliphatic heterocycles. The van der Waals surface area contributed by atoms with Crippen molar-refractivity contribution in [3.8, 4) is 6.07 Å². The molecular weight excluding hydrogens is 184 g/mol. The van der Waals surface area contributed by atoms with E-state index >= 15 is 0 Å². The van der Waals surface area contributed by atoms with Crippen molar-refractivity contribution in [2.75, 3.05) is 0 Å². The normalized spacial score (nSPS) is 10.6. The summed E-state index contributed by atoms with van der Waals surface area (Å²) < 4.78 is 2.09. The van der Waals surface area contributed by atoms with Crippen LogP contribution in [0.2, 0.25) is 0 Å². The summed E-state index contributed by atoms with van der Waals surface area (Å²) in [6.07, 6.45) is 0. The first-order valence-electron chi connectivity index (χ1n) is 5.02. The summed E-state index contributed by atoms with van der Waals surface area (Å²) in [5.41, 5.74) is 5.43. The van der Waals surface area contributed by atoms with E-state index in [9.17, 15) is 0 Å². The first-order chi connectivity index (χ1) is 7.06. The molecule has 0 N–H and O–H groups in total. The third kappa shape index (κ3) is 1.24. The van der Waals surface area contributed by atoms with Crippen LogP contribution in [-0.4, -0.2) is 4.57 Å². The van der Waals surface area contributed by atoms with E-state index in [-0.39, 0.29) is 0 Å². The number of nitriles is 1. The molecule has 0 atom stereocenters. The molecule has 0 radical (unpaired) electrons. The molecule has 0 saturated carbocycles. The molecule has 2 nitrogen and oxygen atoms in total. The van der Waals surface area contributed by atoms with E-state index in [1.807, 2.05) is 14.0 Å². The van der Waals surface area contributed by atoms with Gasteiger partial charge in [-0.1, -0.05) is 6.07 Å². The molecule has 0 unspecified atom stereocenters. The Hall–Kier alpha value is -1.75. The van der Waals surface area contributed by atoms with E-state index in [0.29, 0.717) is 0 Å². The standard InChI is InChI=1S/C13H14N2/c1-8-5-9(2)13-11(7-14)10(3)15(4)12(13)6-8/h5-6H,1-4H3. The average molecular weight is 198 g/mol. The number of benzene rings is 1. The summed E-state index contributed by atoms with van der Waals surface area (Å²) in [7, 11) is 2.01. The Morgan fingerprint density at radius 1 is 1.20 bits per heavy atom. The van der Waals surface area contributed by atoms with Crippen LogP contribution in [0.5, 0.6) is 0 Å². The van der Waals surface area contributed by atoms with Gasteiger partial charge in [0.1, 0.15) is 6.07 Å². The van der Waals surface area contributed by atoms with Crippen LogP contribution in [0, 0.1) is 32.1 Å². The molecule has 0 spiro atoms. The SMILES string of the molecule is Cc1cc(C)c2c(C#N)c(C)n(C)c2c1. The lowest BCUT2D eigenvalue weighted by Gasteiger charge is -2.01. The van der Waals surface area contributed by atoms with Crippen molar-refractivity contribution < 1.29 is 0 Å². The lowest BCUT2D eigenvalue weighted by atomic mass is 10.0. The first-order valence-corrected chi connectivity index (χ1v) is 5.02. The highest BCUT2D eigenvalue weighted by atomic mass is 14.9. The summed E-state index contributed by atoms with van der Waals surface area (Å²) in [4.78, 5) is 0. The van der Waals surface area contributed by atoms with Crippen LogP contribution in [0.25, 0.3) is 10.9 Å². The summed E-state index contributed by atoms with van der Waals surface area (Å²) in [5.74, 6) is 0. The van der Waals surface area contributed by atoms with E-state index in [1.54, 1.807) is 0 Å². The maximum absolute atomic E-state index is 9.16. The van der Waals surface area contributed by atoms with Crippen molar-refractivity contribution in [1.82, 2.24) is 4.57 Å². The molecule has 1 heterocycles. The van der Waals surface area contributed by atoms with Gasteiger partial charge in [0.05, 0.1) is 5.56 Å². The van der Waals surface area contributed by atoms with Crippen LogP contribution in [0.4, 0.5) is 0 Å². The molecule has 2 heteroatoms. The molecule has 0 aliphatic carbocycles. The minimum atomic E-state index is 0.810.